The van der Waals surface area contributed by atoms with Crippen LogP contribution in [0.25, 0.3) is 10.2 Å². The second kappa shape index (κ2) is 13.3. The molecule has 0 saturated carbocycles. The third-order valence-corrected chi connectivity index (χ3v) is 7.61. The number of fused-ring (bicyclic) bond motifs is 1. The molecule has 0 aliphatic carbocycles. The Morgan fingerprint density at radius 3 is 2.31 bits per heavy atom. The van der Waals surface area contributed by atoms with E-state index in [1.807, 2.05) is 87.4 Å². The predicted octanol–water partition coefficient (Wildman–Crippen LogP) is 2.43. The molecule has 4 rings (SSSR count). The lowest BCUT2D eigenvalue weighted by atomic mass is 9.98. The van der Waals surface area contributed by atoms with Gasteiger partial charge in [0.05, 0.1) is 23.7 Å². The monoisotopic (exact) mass is 567 g/mol. The quantitative estimate of drug-likeness (QED) is 0.294. The minimum absolute atomic E-state index is 0. The zero-order chi connectivity index (χ0) is 27.4. The number of nitrogens with zero attached hydrogens (tertiary/aromatic N) is 5. The lowest BCUT2D eigenvalue weighted by Gasteiger charge is -2.35. The molecule has 0 bridgehead atoms. The Morgan fingerprint density at radius 2 is 1.69 bits per heavy atom. The minimum atomic E-state index is -0.394. The van der Waals surface area contributed by atoms with Gasteiger partial charge in [0.25, 0.3) is 11.5 Å². The van der Waals surface area contributed by atoms with Gasteiger partial charge in [-0.05, 0) is 76.1 Å². The van der Waals surface area contributed by atoms with Crippen molar-refractivity contribution in [3.8, 4) is 0 Å². The Morgan fingerprint density at radius 1 is 1.03 bits per heavy atom. The summed E-state index contributed by atoms with van der Waals surface area (Å²) in [7, 11) is 4.07. The average Bonchev–Trinajstić information content (AvgIpc) is 3.26. The van der Waals surface area contributed by atoms with Gasteiger partial charge in [-0.1, -0.05) is 61.9 Å². The average molecular weight is 568 g/mol. The summed E-state index contributed by atoms with van der Waals surface area (Å²) in [6.45, 7) is 9.82. The highest BCUT2D eigenvalue weighted by atomic mass is 35.5. The Kier molecular flexibility index (Phi) is 10.4. The molecule has 4 aromatic rings. The molecule has 0 spiro atoms. The van der Waals surface area contributed by atoms with Gasteiger partial charge in [-0.2, -0.15) is 4.37 Å². The van der Waals surface area contributed by atoms with Gasteiger partial charge in [-0.3, -0.25) is 14.2 Å². The number of carbonyl (C=O) groups excluding carboxylic acids is 1. The standard InChI is InChI=1S/C30H37N5O2S.ClH/c1-20(2)26(34(18-10-17-33(5)6)29(36)24-15-13-21(3)14-16-24)27-31-28-25(22(4)32-38-28)30(37)35(27)19-23-11-8-7-9-12-23;/h7-9,11-16,20,26H,10,17-19H2,1-6H3;1H. The molecule has 0 aliphatic heterocycles. The summed E-state index contributed by atoms with van der Waals surface area (Å²) in [6.07, 6.45) is 0.804. The van der Waals surface area contributed by atoms with Gasteiger partial charge in [-0.15, -0.1) is 0 Å². The van der Waals surface area contributed by atoms with Crippen LogP contribution in [0.2, 0.25) is 0 Å². The van der Waals surface area contributed by atoms with E-state index >= 15 is 0 Å². The Balaban J connectivity index is 0.00000280. The van der Waals surface area contributed by atoms with Crippen molar-refractivity contribution >= 4 is 27.7 Å². The van der Waals surface area contributed by atoms with Crippen LogP contribution in [0.4, 0.5) is 0 Å². The van der Waals surface area contributed by atoms with Crippen LogP contribution in [-0.2, 0) is 6.54 Å². The van der Waals surface area contributed by atoms with Crippen molar-refractivity contribution in [2.75, 3.05) is 27.2 Å². The number of aryl methyl sites for hydroxylation is 2. The minimum Gasteiger partial charge on any atom is -1.00 e. The maximum atomic E-state index is 14.1. The first-order valence-electron chi connectivity index (χ1n) is 13.1. The first-order valence-corrected chi connectivity index (χ1v) is 13.9. The molecule has 0 radical (unpaired) electrons. The number of carbonyl (C=O) groups is 1. The fraction of sp³-hybridized carbons (Fsp3) is 0.400. The Labute approximate surface area is 242 Å². The van der Waals surface area contributed by atoms with Crippen molar-refractivity contribution in [2.24, 2.45) is 5.92 Å². The molecule has 2 aromatic heterocycles. The van der Waals surface area contributed by atoms with E-state index in [1.165, 1.54) is 11.5 Å². The van der Waals surface area contributed by atoms with Crippen LogP contribution in [-0.4, -0.2) is 56.8 Å². The molecule has 208 valence electrons. The molecule has 0 N–H and O–H groups in total. The molecule has 1 unspecified atom stereocenters. The summed E-state index contributed by atoms with van der Waals surface area (Å²) in [4.78, 5) is 37.7. The van der Waals surface area contributed by atoms with Crippen molar-refractivity contribution in [3.63, 3.8) is 0 Å². The number of aromatic nitrogens is 3. The first-order chi connectivity index (χ1) is 18.2. The number of amides is 1. The second-order valence-corrected chi connectivity index (χ2v) is 11.3. The van der Waals surface area contributed by atoms with E-state index in [2.05, 4.69) is 23.1 Å². The van der Waals surface area contributed by atoms with E-state index in [1.54, 1.807) is 4.57 Å². The molecule has 0 saturated heterocycles. The third-order valence-electron chi connectivity index (χ3n) is 6.78. The largest absolute Gasteiger partial charge is 1.00 e. The molecule has 2 aromatic carbocycles. The van der Waals surface area contributed by atoms with Crippen molar-refractivity contribution < 1.29 is 18.6 Å². The summed E-state index contributed by atoms with van der Waals surface area (Å²) in [5, 5.41) is 0.557. The summed E-state index contributed by atoms with van der Waals surface area (Å²) in [5.74, 6) is 0.572. The van der Waals surface area contributed by atoms with Gasteiger partial charge in [0.2, 0.25) is 0 Å². The maximum Gasteiger partial charge on any atom is 1.00 e. The molecular weight excluding hydrogens is 530 g/mol. The van der Waals surface area contributed by atoms with Crippen LogP contribution < -0.4 is 18.0 Å². The zero-order valence-electron chi connectivity index (χ0n) is 24.5. The van der Waals surface area contributed by atoms with E-state index in [0.717, 1.165) is 24.1 Å². The summed E-state index contributed by atoms with van der Waals surface area (Å²) < 4.78 is 6.19. The highest BCUT2D eigenvalue weighted by Crippen LogP contribution is 2.31. The van der Waals surface area contributed by atoms with E-state index in [-0.39, 0.29) is 31.2 Å². The van der Waals surface area contributed by atoms with Gasteiger partial charge in [0.1, 0.15) is 5.82 Å². The van der Waals surface area contributed by atoms with Crippen molar-refractivity contribution in [1.29, 1.82) is 0 Å². The van der Waals surface area contributed by atoms with E-state index < -0.39 is 6.04 Å². The molecule has 9 heteroatoms. The van der Waals surface area contributed by atoms with Gasteiger partial charge in [0, 0.05) is 12.1 Å². The molecule has 2 heterocycles. The normalized spacial score (nSPS) is 12.1. The number of hydrogen-bond acceptors (Lipinski definition) is 6. The second-order valence-electron chi connectivity index (χ2n) is 10.5. The zero-order valence-corrected chi connectivity index (χ0v) is 25.1. The highest BCUT2D eigenvalue weighted by Gasteiger charge is 2.33. The number of benzene rings is 2. The van der Waals surface area contributed by atoms with Crippen molar-refractivity contribution in [1.82, 2.24) is 23.7 Å². The van der Waals surface area contributed by atoms with E-state index in [9.17, 15) is 9.59 Å². The Bertz CT molecular complexity index is 1450. The van der Waals surface area contributed by atoms with Gasteiger partial charge in [0.15, 0.2) is 4.83 Å². The molecular formula is C30H38ClN5O2S. The van der Waals surface area contributed by atoms with Crippen LogP contribution in [0.1, 0.15) is 60.7 Å². The van der Waals surface area contributed by atoms with Crippen LogP contribution in [0, 0.1) is 19.8 Å². The summed E-state index contributed by atoms with van der Waals surface area (Å²) in [5.41, 5.74) is 3.32. The fourth-order valence-electron chi connectivity index (χ4n) is 4.81. The highest BCUT2D eigenvalue weighted by molar-refractivity contribution is 7.12. The molecule has 1 atom stereocenters. The van der Waals surface area contributed by atoms with Crippen molar-refractivity contribution in [2.45, 2.75) is 46.7 Å². The van der Waals surface area contributed by atoms with Crippen LogP contribution >= 0.6 is 11.5 Å². The van der Waals surface area contributed by atoms with E-state index in [4.69, 9.17) is 4.98 Å². The van der Waals surface area contributed by atoms with Crippen molar-refractivity contribution in [3.05, 3.63) is 93.2 Å². The third kappa shape index (κ3) is 6.93. The van der Waals surface area contributed by atoms with Crippen LogP contribution in [0.5, 0.6) is 0 Å². The molecule has 0 aliphatic rings. The molecule has 7 nitrogen and oxygen atoms in total. The number of rotatable bonds is 10. The van der Waals surface area contributed by atoms with Gasteiger partial charge < -0.3 is 22.2 Å². The fourth-order valence-corrected chi connectivity index (χ4v) is 5.59. The summed E-state index contributed by atoms with van der Waals surface area (Å²) in [6, 6.07) is 17.2. The molecule has 1 amide bonds. The van der Waals surface area contributed by atoms with Crippen LogP contribution in [0.3, 0.4) is 0 Å². The topological polar surface area (TPSA) is 71.3 Å². The van der Waals surface area contributed by atoms with Crippen LogP contribution in [0.15, 0.2) is 59.4 Å². The molecule has 39 heavy (non-hydrogen) atoms. The number of halogens is 1. The lowest BCUT2D eigenvalue weighted by molar-refractivity contribution is -0.0000187. The first kappa shape index (κ1) is 30.5. The number of hydrogen-bond donors (Lipinski definition) is 0. The lowest BCUT2D eigenvalue weighted by Crippen LogP contribution is -3.00. The maximum absolute atomic E-state index is 14.1. The van der Waals surface area contributed by atoms with Gasteiger partial charge in [-0.25, -0.2) is 4.98 Å². The Hall–Kier alpha value is -3.07. The smallest absolute Gasteiger partial charge is 1.00 e. The molecule has 0 fully saturated rings. The van der Waals surface area contributed by atoms with Gasteiger partial charge >= 0.3 is 1.43 Å². The van der Waals surface area contributed by atoms with E-state index in [0.29, 0.717) is 40.4 Å². The predicted molar refractivity (Wildman–Crippen MR) is 156 cm³/mol. The SMILES string of the molecule is Cc1ccc(C(=O)N(CCCN(C)C)C(c2nc3snc(C)c3c(=O)n2Cc2ccccc2)C(C)C)cc1.[Cl-].[H+]. The summed E-state index contributed by atoms with van der Waals surface area (Å²) >= 11 is 1.24.